The van der Waals surface area contributed by atoms with Crippen LogP contribution >= 0.6 is 0 Å². The third kappa shape index (κ3) is 6.58. The van der Waals surface area contributed by atoms with Gasteiger partial charge in [-0.15, -0.1) is 0 Å². The van der Waals surface area contributed by atoms with Crippen LogP contribution in [0.4, 0.5) is 24.8 Å². The molecule has 5 rings (SSSR count). The summed E-state index contributed by atoms with van der Waals surface area (Å²) in [6, 6.07) is 9.83. The monoisotopic (exact) mass is 625 g/mol. The van der Waals surface area contributed by atoms with E-state index in [0.717, 1.165) is 34.5 Å². The van der Waals surface area contributed by atoms with Crippen molar-refractivity contribution in [1.82, 2.24) is 15.0 Å². The average Bonchev–Trinajstić information content (AvgIpc) is 3.51. The lowest BCUT2D eigenvalue weighted by Crippen LogP contribution is -2.22. The van der Waals surface area contributed by atoms with Crippen LogP contribution in [-0.4, -0.2) is 35.1 Å². The Bertz CT molecular complexity index is 1710. The van der Waals surface area contributed by atoms with Crippen LogP contribution in [0.1, 0.15) is 77.5 Å². The number of aromatic nitrogens is 3. The number of alkyl halides is 3. The summed E-state index contributed by atoms with van der Waals surface area (Å²) in [6.45, 7) is 10.4. The van der Waals surface area contributed by atoms with E-state index in [4.69, 9.17) is 18.6 Å². The predicted octanol–water partition coefficient (Wildman–Crippen LogP) is 6.76. The molecule has 2 N–H and O–H groups in total. The van der Waals surface area contributed by atoms with Crippen LogP contribution in [0.15, 0.2) is 47.0 Å². The molecule has 4 heterocycles. The number of anilines is 2. The zero-order valence-corrected chi connectivity index (χ0v) is 26.0. The number of ether oxygens (including phenoxy) is 3. The maximum atomic E-state index is 13.2. The first-order chi connectivity index (χ1) is 21.1. The molecule has 1 aromatic carbocycles. The Morgan fingerprint density at radius 2 is 1.60 bits per heavy atom. The minimum atomic E-state index is -4.53. The topological polar surface area (TPSA) is 121 Å². The number of hydrogen-bond donors (Lipinski definition) is 2. The summed E-state index contributed by atoms with van der Waals surface area (Å²) in [5.74, 6) is 0.151. The number of nitrogens with zero attached hydrogens (tertiary/aromatic N) is 3. The molecule has 1 aliphatic rings. The third-order valence-electron chi connectivity index (χ3n) is 7.57. The molecule has 45 heavy (non-hydrogen) atoms. The molecule has 13 heteroatoms. The highest BCUT2D eigenvalue weighted by atomic mass is 19.4. The van der Waals surface area contributed by atoms with Gasteiger partial charge in [-0.25, -0.2) is 0 Å². The van der Waals surface area contributed by atoms with Crippen LogP contribution in [0, 0.1) is 6.92 Å². The molecule has 0 saturated heterocycles. The molecule has 0 bridgehead atoms. The molecule has 1 aliphatic heterocycles. The van der Waals surface area contributed by atoms with Gasteiger partial charge in [0.05, 0.1) is 25.4 Å². The Labute approximate surface area is 258 Å². The number of methoxy groups -OCH3 is 2. The highest BCUT2D eigenvalue weighted by Crippen LogP contribution is 2.47. The number of hydrogen-bond acceptors (Lipinski definition) is 9. The highest BCUT2D eigenvalue weighted by Gasteiger charge is 2.43. The van der Waals surface area contributed by atoms with E-state index in [-0.39, 0.29) is 41.3 Å². The summed E-state index contributed by atoms with van der Waals surface area (Å²) in [5, 5.41) is 5.59. The van der Waals surface area contributed by atoms with Gasteiger partial charge in [0.2, 0.25) is 17.7 Å². The van der Waals surface area contributed by atoms with Crippen LogP contribution in [0.2, 0.25) is 0 Å². The maximum Gasteiger partial charge on any atom is 0.433 e. The van der Waals surface area contributed by atoms with Crippen LogP contribution < -0.4 is 20.1 Å². The molecular weight excluding hydrogens is 591 g/mol. The molecule has 0 atom stereocenters. The Hall–Kier alpha value is -4.65. The van der Waals surface area contributed by atoms with Crippen molar-refractivity contribution in [3.8, 4) is 11.8 Å². The van der Waals surface area contributed by atoms with E-state index in [1.54, 1.807) is 12.1 Å². The number of carbonyl (C=O) groups is 1. The predicted molar refractivity (Wildman–Crippen MR) is 159 cm³/mol. The minimum Gasteiger partial charge on any atom is -0.479 e. The van der Waals surface area contributed by atoms with Crippen molar-refractivity contribution in [3.63, 3.8) is 0 Å². The maximum absolute atomic E-state index is 13.2. The van der Waals surface area contributed by atoms with Crippen molar-refractivity contribution in [2.24, 2.45) is 0 Å². The van der Waals surface area contributed by atoms with E-state index in [1.807, 2.05) is 6.92 Å². The SMILES string of the molecule is COc1nc(NCc2ccc(C(F)(F)F)nc2)nc(OC)c1NC(=O)c1ccc(Cc2cc3c(cc2C)C(C)(C)OC3(C)C)o1. The molecule has 0 fully saturated rings. The van der Waals surface area contributed by atoms with Gasteiger partial charge >= 0.3 is 6.18 Å². The first kappa shape index (κ1) is 31.8. The zero-order chi connectivity index (χ0) is 32.7. The molecule has 0 aliphatic carbocycles. The molecule has 0 spiro atoms. The summed E-state index contributed by atoms with van der Waals surface area (Å²) >= 11 is 0. The Morgan fingerprint density at radius 3 is 2.18 bits per heavy atom. The van der Waals surface area contributed by atoms with Crippen molar-refractivity contribution in [2.75, 3.05) is 24.9 Å². The molecule has 0 unspecified atom stereocenters. The van der Waals surface area contributed by atoms with Gasteiger partial charge < -0.3 is 29.3 Å². The van der Waals surface area contributed by atoms with Gasteiger partial charge in [-0.2, -0.15) is 23.1 Å². The fourth-order valence-electron chi connectivity index (χ4n) is 5.43. The minimum absolute atomic E-state index is 0.00320. The van der Waals surface area contributed by atoms with Crippen LogP contribution in [-0.2, 0) is 35.1 Å². The second kappa shape index (κ2) is 11.7. The molecule has 4 aromatic rings. The van der Waals surface area contributed by atoms with E-state index < -0.39 is 23.4 Å². The third-order valence-corrected chi connectivity index (χ3v) is 7.57. The second-order valence-corrected chi connectivity index (χ2v) is 11.7. The van der Waals surface area contributed by atoms with Crippen molar-refractivity contribution >= 4 is 17.5 Å². The number of amides is 1. The lowest BCUT2D eigenvalue weighted by Gasteiger charge is -2.24. The van der Waals surface area contributed by atoms with Crippen LogP contribution in [0.5, 0.6) is 11.8 Å². The average molecular weight is 626 g/mol. The summed E-state index contributed by atoms with van der Waals surface area (Å²) in [6.07, 6.45) is -2.94. The normalized spacial score (nSPS) is 15.0. The van der Waals surface area contributed by atoms with Gasteiger partial charge in [0, 0.05) is 19.2 Å². The summed E-state index contributed by atoms with van der Waals surface area (Å²) in [7, 11) is 2.72. The Morgan fingerprint density at radius 1 is 0.956 bits per heavy atom. The number of rotatable bonds is 9. The second-order valence-electron chi connectivity index (χ2n) is 11.7. The number of benzene rings is 1. The smallest absolute Gasteiger partial charge is 0.433 e. The lowest BCUT2D eigenvalue weighted by molar-refractivity contribution is -0.141. The number of aryl methyl sites for hydroxylation is 1. The molecule has 0 saturated carbocycles. The number of carbonyl (C=O) groups excluding carboxylic acids is 1. The van der Waals surface area contributed by atoms with Crippen LogP contribution in [0.3, 0.4) is 0 Å². The van der Waals surface area contributed by atoms with Gasteiger partial charge in [0.1, 0.15) is 11.5 Å². The van der Waals surface area contributed by atoms with E-state index in [9.17, 15) is 18.0 Å². The summed E-state index contributed by atoms with van der Waals surface area (Å²) < 4.78 is 61.4. The van der Waals surface area contributed by atoms with Crippen LogP contribution in [0.25, 0.3) is 0 Å². The van der Waals surface area contributed by atoms with Crippen molar-refractivity contribution < 1.29 is 36.6 Å². The fraction of sp³-hybridized carbons (Fsp3) is 0.375. The van der Waals surface area contributed by atoms with Gasteiger partial charge in [0.25, 0.3) is 5.91 Å². The number of furan rings is 1. The molecule has 238 valence electrons. The molecular formula is C32H34F3N5O5. The van der Waals surface area contributed by atoms with Gasteiger partial charge in [-0.3, -0.25) is 9.78 Å². The summed E-state index contributed by atoms with van der Waals surface area (Å²) in [5.41, 5.74) is 3.19. The Balaban J connectivity index is 1.30. The molecule has 3 aromatic heterocycles. The number of nitrogens with one attached hydrogen (secondary N) is 2. The molecule has 0 radical (unpaired) electrons. The van der Waals surface area contributed by atoms with Gasteiger partial charge in [0.15, 0.2) is 11.4 Å². The first-order valence-corrected chi connectivity index (χ1v) is 14.1. The highest BCUT2D eigenvalue weighted by molar-refractivity contribution is 6.03. The standard InChI is InChI=1S/C32H34F3N5O5/c1-17-12-21-22(31(4,5)45-30(21,2)3)14-19(17)13-20-9-10-23(44-20)26(41)38-25-27(42-6)39-29(40-28(25)43-7)37-16-18-8-11-24(36-15-18)32(33,34)35/h8-12,14-15H,13,16H2,1-7H3,(H,38,41)(H,37,39,40). The van der Waals surface area contributed by atoms with Crippen molar-refractivity contribution in [3.05, 3.63) is 87.6 Å². The molecule has 10 nitrogen and oxygen atoms in total. The fourth-order valence-corrected chi connectivity index (χ4v) is 5.43. The quantitative estimate of drug-likeness (QED) is 0.208. The molecule has 1 amide bonds. The van der Waals surface area contributed by atoms with E-state index in [1.165, 1.54) is 20.3 Å². The van der Waals surface area contributed by atoms with E-state index >= 15 is 0 Å². The summed E-state index contributed by atoms with van der Waals surface area (Å²) in [4.78, 5) is 25.2. The number of halogens is 3. The number of fused-ring (bicyclic) bond motifs is 1. The lowest BCUT2D eigenvalue weighted by atomic mass is 9.86. The Kier molecular flexibility index (Phi) is 8.25. The number of pyridine rings is 1. The van der Waals surface area contributed by atoms with E-state index in [0.29, 0.717) is 17.7 Å². The largest absolute Gasteiger partial charge is 0.479 e. The van der Waals surface area contributed by atoms with Gasteiger partial charge in [-0.1, -0.05) is 18.2 Å². The van der Waals surface area contributed by atoms with Gasteiger partial charge in [-0.05, 0) is 80.6 Å². The van der Waals surface area contributed by atoms with E-state index in [2.05, 4.69) is 65.4 Å². The van der Waals surface area contributed by atoms with Crippen molar-refractivity contribution in [2.45, 2.75) is 65.0 Å². The zero-order valence-electron chi connectivity index (χ0n) is 26.0. The van der Waals surface area contributed by atoms with Crippen molar-refractivity contribution in [1.29, 1.82) is 0 Å². The first-order valence-electron chi connectivity index (χ1n) is 14.1.